The predicted molar refractivity (Wildman–Crippen MR) is 139 cm³/mol. The molecule has 1 atom stereocenters. The van der Waals surface area contributed by atoms with Gasteiger partial charge in [0.1, 0.15) is 11.5 Å². The molecule has 2 aromatic carbocycles. The summed E-state index contributed by atoms with van der Waals surface area (Å²) in [5.74, 6) is -0.732. The van der Waals surface area contributed by atoms with E-state index in [1.165, 1.54) is 7.11 Å². The summed E-state index contributed by atoms with van der Waals surface area (Å²) in [4.78, 5) is 30.4. The molecular formula is C28H33ClN2O5. The van der Waals surface area contributed by atoms with E-state index in [2.05, 4.69) is 18.7 Å². The van der Waals surface area contributed by atoms with E-state index >= 15 is 0 Å². The number of benzene rings is 2. The van der Waals surface area contributed by atoms with Crippen molar-refractivity contribution in [3.8, 4) is 5.75 Å². The van der Waals surface area contributed by atoms with Crippen LogP contribution in [0.3, 0.4) is 0 Å². The van der Waals surface area contributed by atoms with Crippen molar-refractivity contribution in [2.45, 2.75) is 32.2 Å². The van der Waals surface area contributed by atoms with Gasteiger partial charge in [0.25, 0.3) is 11.7 Å². The van der Waals surface area contributed by atoms with Gasteiger partial charge in [0.2, 0.25) is 0 Å². The molecule has 2 heterocycles. The number of ether oxygens (including phenoxy) is 2. The van der Waals surface area contributed by atoms with Gasteiger partial charge in [-0.25, -0.2) is 0 Å². The standard InChI is InChI=1S/C28H33ClN2O5/c1-18(2)19-5-7-20(8-6-19)25-24(26(32)21-9-10-23(35-3)22(29)17-21)27(33)28(34)31(25)12-4-11-30-13-15-36-16-14-30/h5-10,17-18,25,32H,4,11-16H2,1-3H3/b26-24-. The number of ketones is 1. The Bertz CT molecular complexity index is 1140. The van der Waals surface area contributed by atoms with Gasteiger partial charge >= 0.3 is 0 Å². The minimum atomic E-state index is -0.691. The maximum Gasteiger partial charge on any atom is 0.295 e. The minimum absolute atomic E-state index is 0.0740. The lowest BCUT2D eigenvalue weighted by atomic mass is 9.93. The molecule has 2 aliphatic rings. The number of aliphatic hydroxyl groups excluding tert-OH is 1. The Kier molecular flexibility index (Phi) is 8.34. The average Bonchev–Trinajstić information content (AvgIpc) is 3.14. The molecule has 2 saturated heterocycles. The van der Waals surface area contributed by atoms with Crippen molar-refractivity contribution < 1.29 is 24.2 Å². The average molecular weight is 513 g/mol. The Labute approximate surface area is 217 Å². The number of hydrogen-bond acceptors (Lipinski definition) is 6. The number of hydrogen-bond donors (Lipinski definition) is 1. The molecule has 2 aliphatic heterocycles. The minimum Gasteiger partial charge on any atom is -0.507 e. The fourth-order valence-electron chi connectivity index (χ4n) is 4.78. The van der Waals surface area contributed by atoms with Crippen LogP contribution in [0, 0.1) is 0 Å². The number of carbonyl (C=O) groups excluding carboxylic acids is 2. The predicted octanol–water partition coefficient (Wildman–Crippen LogP) is 4.62. The quantitative estimate of drug-likeness (QED) is 0.316. The largest absolute Gasteiger partial charge is 0.507 e. The van der Waals surface area contributed by atoms with Crippen molar-refractivity contribution in [2.24, 2.45) is 0 Å². The first-order valence-electron chi connectivity index (χ1n) is 12.3. The number of Topliss-reactive ketones (excluding diaryl/α,β-unsaturated/α-hetero) is 1. The molecule has 1 N–H and O–H groups in total. The number of nitrogens with zero attached hydrogens (tertiary/aromatic N) is 2. The molecule has 0 aliphatic carbocycles. The first kappa shape index (κ1) is 26.2. The van der Waals surface area contributed by atoms with Crippen LogP contribution < -0.4 is 4.74 Å². The van der Waals surface area contributed by atoms with Gasteiger partial charge in [0.15, 0.2) is 0 Å². The summed E-state index contributed by atoms with van der Waals surface area (Å²) >= 11 is 6.28. The van der Waals surface area contributed by atoms with Gasteiger partial charge in [0, 0.05) is 31.7 Å². The molecule has 1 unspecified atom stereocenters. The van der Waals surface area contributed by atoms with E-state index in [0.29, 0.717) is 48.4 Å². The molecule has 0 radical (unpaired) electrons. The first-order valence-corrected chi connectivity index (χ1v) is 12.7. The van der Waals surface area contributed by atoms with Gasteiger partial charge in [-0.2, -0.15) is 0 Å². The highest BCUT2D eigenvalue weighted by molar-refractivity contribution is 6.46. The Morgan fingerprint density at radius 2 is 1.81 bits per heavy atom. The first-order chi connectivity index (χ1) is 17.3. The molecule has 0 aromatic heterocycles. The smallest absolute Gasteiger partial charge is 0.295 e. The Balaban J connectivity index is 1.70. The van der Waals surface area contributed by atoms with Crippen molar-refractivity contribution in [2.75, 3.05) is 46.5 Å². The molecule has 1 amide bonds. The SMILES string of the molecule is COc1ccc(/C(O)=C2/C(=O)C(=O)N(CCCN3CCOCC3)C2c2ccc(C(C)C)cc2)cc1Cl. The highest BCUT2D eigenvalue weighted by Gasteiger charge is 2.45. The second-order valence-corrected chi connectivity index (χ2v) is 9.88. The fraction of sp³-hybridized carbons (Fsp3) is 0.429. The van der Waals surface area contributed by atoms with Crippen LogP contribution in [-0.2, 0) is 14.3 Å². The third kappa shape index (κ3) is 5.43. The monoisotopic (exact) mass is 512 g/mol. The number of morpholine rings is 1. The second-order valence-electron chi connectivity index (χ2n) is 9.47. The van der Waals surface area contributed by atoms with Gasteiger partial charge in [0.05, 0.1) is 37.0 Å². The number of aliphatic hydroxyl groups is 1. The molecule has 0 bridgehead atoms. The number of carbonyl (C=O) groups is 2. The number of methoxy groups -OCH3 is 1. The highest BCUT2D eigenvalue weighted by Crippen LogP contribution is 2.40. The number of amides is 1. The van der Waals surface area contributed by atoms with Gasteiger partial charge < -0.3 is 19.5 Å². The summed E-state index contributed by atoms with van der Waals surface area (Å²) < 4.78 is 10.6. The maximum atomic E-state index is 13.3. The molecule has 7 nitrogen and oxygen atoms in total. The Morgan fingerprint density at radius 1 is 1.11 bits per heavy atom. The highest BCUT2D eigenvalue weighted by atomic mass is 35.5. The van der Waals surface area contributed by atoms with E-state index in [-0.39, 0.29) is 11.3 Å². The van der Waals surface area contributed by atoms with Crippen molar-refractivity contribution in [1.29, 1.82) is 0 Å². The molecule has 0 saturated carbocycles. The lowest BCUT2D eigenvalue weighted by molar-refractivity contribution is -0.140. The van der Waals surface area contributed by atoms with Gasteiger partial charge in [-0.05, 0) is 41.7 Å². The van der Waals surface area contributed by atoms with Crippen LogP contribution in [0.5, 0.6) is 5.75 Å². The van der Waals surface area contributed by atoms with E-state index in [0.717, 1.165) is 30.8 Å². The third-order valence-corrected chi connectivity index (χ3v) is 7.16. The van der Waals surface area contributed by atoms with Crippen molar-refractivity contribution in [3.63, 3.8) is 0 Å². The van der Waals surface area contributed by atoms with Crippen LogP contribution in [-0.4, -0.2) is 73.1 Å². The molecule has 2 fully saturated rings. The lowest BCUT2D eigenvalue weighted by Gasteiger charge is -2.29. The van der Waals surface area contributed by atoms with E-state index in [1.54, 1.807) is 23.1 Å². The van der Waals surface area contributed by atoms with Crippen LogP contribution in [0.15, 0.2) is 48.0 Å². The Hall–Kier alpha value is -2.87. The molecule has 4 rings (SSSR count). The van der Waals surface area contributed by atoms with Crippen molar-refractivity contribution in [1.82, 2.24) is 9.80 Å². The molecular weight excluding hydrogens is 480 g/mol. The Morgan fingerprint density at radius 3 is 2.42 bits per heavy atom. The zero-order valence-electron chi connectivity index (χ0n) is 21.0. The van der Waals surface area contributed by atoms with Crippen LogP contribution in [0.1, 0.15) is 48.9 Å². The maximum absolute atomic E-state index is 13.3. The topological polar surface area (TPSA) is 79.3 Å². The zero-order valence-corrected chi connectivity index (χ0v) is 21.8. The molecule has 192 valence electrons. The van der Waals surface area contributed by atoms with Crippen molar-refractivity contribution in [3.05, 3.63) is 69.8 Å². The molecule has 2 aromatic rings. The molecule has 36 heavy (non-hydrogen) atoms. The lowest BCUT2D eigenvalue weighted by Crippen LogP contribution is -2.38. The van der Waals surface area contributed by atoms with E-state index in [9.17, 15) is 14.7 Å². The van der Waals surface area contributed by atoms with Crippen LogP contribution in [0.2, 0.25) is 5.02 Å². The third-order valence-electron chi connectivity index (χ3n) is 6.86. The summed E-state index contributed by atoms with van der Waals surface area (Å²) in [6.45, 7) is 8.56. The second kappa shape index (κ2) is 11.5. The number of likely N-dealkylation sites (tertiary alicyclic amines) is 1. The summed E-state index contributed by atoms with van der Waals surface area (Å²) in [6, 6.07) is 12.0. The van der Waals surface area contributed by atoms with Crippen molar-refractivity contribution >= 4 is 29.1 Å². The molecule has 0 spiro atoms. The summed E-state index contributed by atoms with van der Waals surface area (Å²) in [5, 5.41) is 11.6. The molecule has 8 heteroatoms. The van der Waals surface area contributed by atoms with Gasteiger partial charge in [-0.3, -0.25) is 14.5 Å². The fourth-order valence-corrected chi connectivity index (χ4v) is 5.04. The summed E-state index contributed by atoms with van der Waals surface area (Å²) in [5.41, 5.74) is 2.37. The van der Waals surface area contributed by atoms with Crippen LogP contribution in [0.25, 0.3) is 5.76 Å². The zero-order chi connectivity index (χ0) is 25.8. The van der Waals surface area contributed by atoms with Gasteiger partial charge in [-0.1, -0.05) is 49.7 Å². The summed E-state index contributed by atoms with van der Waals surface area (Å²) in [6.07, 6.45) is 0.710. The summed E-state index contributed by atoms with van der Waals surface area (Å²) in [7, 11) is 1.50. The van der Waals surface area contributed by atoms with E-state index in [1.807, 2.05) is 24.3 Å². The van der Waals surface area contributed by atoms with Crippen LogP contribution in [0.4, 0.5) is 0 Å². The normalized spacial score (nSPS) is 20.4. The van der Waals surface area contributed by atoms with Gasteiger partial charge in [-0.15, -0.1) is 0 Å². The number of halogens is 1. The number of rotatable bonds is 8. The van der Waals surface area contributed by atoms with Crippen LogP contribution >= 0.6 is 11.6 Å². The van der Waals surface area contributed by atoms with E-state index < -0.39 is 17.7 Å². The van der Waals surface area contributed by atoms with E-state index in [4.69, 9.17) is 21.1 Å².